The van der Waals surface area contributed by atoms with E-state index in [4.69, 9.17) is 17.0 Å². The van der Waals surface area contributed by atoms with Crippen LogP contribution in [-0.2, 0) is 0 Å². The van der Waals surface area contributed by atoms with Crippen LogP contribution in [0.3, 0.4) is 0 Å². The van der Waals surface area contributed by atoms with Crippen LogP contribution in [0.4, 0.5) is 10.1 Å². The molecule has 2 aromatic rings. The number of anilines is 1. The molecule has 2 N–H and O–H groups in total. The van der Waals surface area contributed by atoms with Gasteiger partial charge in [0.2, 0.25) is 0 Å². The smallest absolute Gasteiger partial charge is 0.257 e. The molecule has 2 rings (SSSR count). The van der Waals surface area contributed by atoms with Gasteiger partial charge in [-0.15, -0.1) is 0 Å². The summed E-state index contributed by atoms with van der Waals surface area (Å²) >= 11 is 5.11. The van der Waals surface area contributed by atoms with Gasteiger partial charge >= 0.3 is 0 Å². The fourth-order valence-electron chi connectivity index (χ4n) is 2.47. The van der Waals surface area contributed by atoms with E-state index in [1.54, 1.807) is 36.4 Å². The second-order valence-corrected chi connectivity index (χ2v) is 6.61. The average Bonchev–Trinajstić information content (AvgIpc) is 2.67. The SMILES string of the molecule is CCCCCCCOc1ccc(C(=O)NC(=S)Nc2ccc(F)cc2)cc1. The molecule has 0 saturated carbocycles. The summed E-state index contributed by atoms with van der Waals surface area (Å²) in [7, 11) is 0. The number of nitrogens with one attached hydrogen (secondary N) is 2. The molecule has 27 heavy (non-hydrogen) atoms. The minimum Gasteiger partial charge on any atom is -0.494 e. The quantitative estimate of drug-likeness (QED) is 0.452. The number of ether oxygens (including phenoxy) is 1. The molecule has 4 nitrogen and oxygen atoms in total. The van der Waals surface area contributed by atoms with Gasteiger partial charge in [0.1, 0.15) is 11.6 Å². The summed E-state index contributed by atoms with van der Waals surface area (Å²) in [6.45, 7) is 2.88. The van der Waals surface area contributed by atoms with E-state index in [0.717, 1.165) is 12.2 Å². The molecule has 0 saturated heterocycles. The monoisotopic (exact) mass is 388 g/mol. The van der Waals surface area contributed by atoms with Crippen molar-refractivity contribution in [1.82, 2.24) is 5.32 Å². The molecule has 0 aliphatic rings. The molecule has 0 atom stereocenters. The standard InChI is InChI=1S/C21H25FN2O2S/c1-2-3-4-5-6-15-26-19-13-7-16(8-14-19)20(25)24-21(27)23-18-11-9-17(22)10-12-18/h7-14H,2-6,15H2,1H3,(H2,23,24,25,27). The van der Waals surface area contributed by atoms with Crippen molar-refractivity contribution in [2.75, 3.05) is 11.9 Å². The van der Waals surface area contributed by atoms with E-state index < -0.39 is 0 Å². The van der Waals surface area contributed by atoms with Crippen LogP contribution >= 0.6 is 12.2 Å². The maximum atomic E-state index is 12.9. The molecule has 0 unspecified atom stereocenters. The normalized spacial score (nSPS) is 10.3. The molecule has 144 valence electrons. The van der Waals surface area contributed by atoms with Crippen molar-refractivity contribution in [2.45, 2.75) is 39.0 Å². The van der Waals surface area contributed by atoms with Crippen molar-refractivity contribution in [3.63, 3.8) is 0 Å². The molecule has 6 heteroatoms. The summed E-state index contributed by atoms with van der Waals surface area (Å²) in [5.41, 5.74) is 1.08. The molecule has 0 spiro atoms. The number of hydrogen-bond donors (Lipinski definition) is 2. The van der Waals surface area contributed by atoms with E-state index in [-0.39, 0.29) is 16.8 Å². The molecule has 2 aromatic carbocycles. The maximum Gasteiger partial charge on any atom is 0.257 e. The molecule has 1 amide bonds. The zero-order valence-corrected chi connectivity index (χ0v) is 16.3. The van der Waals surface area contributed by atoms with Gasteiger partial charge in [-0.25, -0.2) is 4.39 Å². The van der Waals surface area contributed by atoms with E-state index in [2.05, 4.69) is 17.6 Å². The Bertz CT molecular complexity index is 733. The van der Waals surface area contributed by atoms with E-state index in [1.807, 2.05) is 0 Å². The zero-order chi connectivity index (χ0) is 19.5. The van der Waals surface area contributed by atoms with Gasteiger partial charge in [-0.3, -0.25) is 10.1 Å². The third-order valence-electron chi connectivity index (χ3n) is 3.96. The highest BCUT2D eigenvalue weighted by atomic mass is 32.1. The molecule has 0 radical (unpaired) electrons. The van der Waals surface area contributed by atoms with Crippen LogP contribution in [0, 0.1) is 5.82 Å². The summed E-state index contributed by atoms with van der Waals surface area (Å²) < 4.78 is 18.6. The van der Waals surface area contributed by atoms with Crippen LogP contribution in [0.25, 0.3) is 0 Å². The number of amides is 1. The van der Waals surface area contributed by atoms with Gasteiger partial charge in [0, 0.05) is 11.3 Å². The number of hydrogen-bond acceptors (Lipinski definition) is 3. The second kappa shape index (κ2) is 11.3. The number of benzene rings is 2. The lowest BCUT2D eigenvalue weighted by Gasteiger charge is -2.10. The van der Waals surface area contributed by atoms with Crippen LogP contribution in [0.1, 0.15) is 49.4 Å². The fourth-order valence-corrected chi connectivity index (χ4v) is 2.68. The Morgan fingerprint density at radius 1 is 1.00 bits per heavy atom. The third-order valence-corrected chi connectivity index (χ3v) is 4.17. The third kappa shape index (κ3) is 7.74. The van der Waals surface area contributed by atoms with Gasteiger partial charge < -0.3 is 10.1 Å². The van der Waals surface area contributed by atoms with Gasteiger partial charge in [0.25, 0.3) is 5.91 Å². The lowest BCUT2D eigenvalue weighted by atomic mass is 10.2. The highest BCUT2D eigenvalue weighted by Gasteiger charge is 2.08. The average molecular weight is 389 g/mol. The van der Waals surface area contributed by atoms with Crippen molar-refractivity contribution in [3.8, 4) is 5.75 Å². The molecular formula is C21H25FN2O2S. The summed E-state index contributed by atoms with van der Waals surface area (Å²) in [6, 6.07) is 12.7. The van der Waals surface area contributed by atoms with E-state index in [9.17, 15) is 9.18 Å². The number of carbonyl (C=O) groups excluding carboxylic acids is 1. The summed E-state index contributed by atoms with van der Waals surface area (Å²) in [5, 5.41) is 5.59. The zero-order valence-electron chi connectivity index (χ0n) is 15.5. The molecule has 0 aromatic heterocycles. The lowest BCUT2D eigenvalue weighted by molar-refractivity contribution is 0.0977. The minimum absolute atomic E-state index is 0.152. The first-order valence-corrected chi connectivity index (χ1v) is 9.60. The van der Waals surface area contributed by atoms with E-state index in [1.165, 1.54) is 37.8 Å². The Morgan fingerprint density at radius 3 is 2.33 bits per heavy atom. The Kier molecular flexibility index (Phi) is 8.71. The number of carbonyl (C=O) groups is 1. The van der Waals surface area contributed by atoms with Gasteiger partial charge in [-0.2, -0.15) is 0 Å². The van der Waals surface area contributed by atoms with Crippen molar-refractivity contribution in [1.29, 1.82) is 0 Å². The Morgan fingerprint density at radius 2 is 1.67 bits per heavy atom. The van der Waals surface area contributed by atoms with Crippen molar-refractivity contribution in [2.24, 2.45) is 0 Å². The van der Waals surface area contributed by atoms with Crippen LogP contribution < -0.4 is 15.4 Å². The highest BCUT2D eigenvalue weighted by molar-refractivity contribution is 7.80. The molecule has 0 aliphatic heterocycles. The van der Waals surface area contributed by atoms with Crippen LogP contribution in [0.2, 0.25) is 0 Å². The largest absolute Gasteiger partial charge is 0.494 e. The van der Waals surface area contributed by atoms with E-state index in [0.29, 0.717) is 17.9 Å². The lowest BCUT2D eigenvalue weighted by Crippen LogP contribution is -2.34. The van der Waals surface area contributed by atoms with Crippen LogP contribution in [0.5, 0.6) is 5.75 Å². The predicted octanol–water partition coefficient (Wildman–Crippen LogP) is 5.30. The second-order valence-electron chi connectivity index (χ2n) is 6.20. The van der Waals surface area contributed by atoms with E-state index >= 15 is 0 Å². The van der Waals surface area contributed by atoms with Gasteiger partial charge in [-0.1, -0.05) is 32.6 Å². The Labute approximate surface area is 165 Å². The Balaban J connectivity index is 1.75. The molecule has 0 aliphatic carbocycles. The molecule has 0 fully saturated rings. The van der Waals surface area contributed by atoms with Gasteiger partial charge in [0.05, 0.1) is 6.61 Å². The maximum absolute atomic E-state index is 12.9. The minimum atomic E-state index is -0.334. The van der Waals surface area contributed by atoms with Gasteiger partial charge in [-0.05, 0) is 67.2 Å². The number of rotatable bonds is 9. The first-order chi connectivity index (χ1) is 13.1. The van der Waals surface area contributed by atoms with Crippen molar-refractivity contribution >= 4 is 28.9 Å². The summed E-state index contributed by atoms with van der Waals surface area (Å²) in [6.07, 6.45) is 5.94. The summed E-state index contributed by atoms with van der Waals surface area (Å²) in [5.74, 6) is 0.0913. The predicted molar refractivity (Wildman–Crippen MR) is 111 cm³/mol. The topological polar surface area (TPSA) is 50.4 Å². The highest BCUT2D eigenvalue weighted by Crippen LogP contribution is 2.14. The van der Waals surface area contributed by atoms with Crippen LogP contribution in [0.15, 0.2) is 48.5 Å². The molecule has 0 bridgehead atoms. The number of thiocarbonyl (C=S) groups is 1. The van der Waals surface area contributed by atoms with Crippen molar-refractivity contribution in [3.05, 3.63) is 59.9 Å². The first-order valence-electron chi connectivity index (χ1n) is 9.19. The number of unbranched alkanes of at least 4 members (excludes halogenated alkanes) is 4. The molecule has 0 heterocycles. The molecular weight excluding hydrogens is 363 g/mol. The summed E-state index contributed by atoms with van der Waals surface area (Å²) in [4.78, 5) is 12.2. The van der Waals surface area contributed by atoms with Crippen molar-refractivity contribution < 1.29 is 13.9 Å². The fraction of sp³-hybridized carbons (Fsp3) is 0.333. The number of halogens is 1. The van der Waals surface area contributed by atoms with Gasteiger partial charge in [0.15, 0.2) is 5.11 Å². The first kappa shape index (κ1) is 20.8. The Hall–Kier alpha value is -2.47. The van der Waals surface area contributed by atoms with Crippen LogP contribution in [-0.4, -0.2) is 17.6 Å².